The zero-order chi connectivity index (χ0) is 19.2. The summed E-state index contributed by atoms with van der Waals surface area (Å²) in [5.74, 6) is -1.17. The zero-order valence-corrected chi connectivity index (χ0v) is 14.3. The summed E-state index contributed by atoms with van der Waals surface area (Å²) in [6.07, 6.45) is 0. The van der Waals surface area contributed by atoms with Crippen LogP contribution in [-0.2, 0) is 6.54 Å². The minimum atomic E-state index is -0.577. The largest absolute Gasteiger partial charge is 0.348 e. The van der Waals surface area contributed by atoms with Gasteiger partial charge >= 0.3 is 0 Å². The van der Waals surface area contributed by atoms with E-state index in [1.807, 2.05) is 0 Å². The van der Waals surface area contributed by atoms with Crippen molar-refractivity contribution >= 4 is 11.8 Å². The van der Waals surface area contributed by atoms with Gasteiger partial charge in [-0.25, -0.2) is 9.87 Å². The van der Waals surface area contributed by atoms with Gasteiger partial charge in [0.1, 0.15) is 5.82 Å². The first-order chi connectivity index (χ1) is 13.1. The molecule has 6 heteroatoms. The zero-order valence-electron chi connectivity index (χ0n) is 14.3. The molecular weight excluding hydrogens is 347 g/mol. The molecule has 0 bridgehead atoms. The minimum Gasteiger partial charge on any atom is -0.348 e. The van der Waals surface area contributed by atoms with E-state index in [9.17, 15) is 14.0 Å². The second-order valence-corrected chi connectivity index (χ2v) is 5.91. The van der Waals surface area contributed by atoms with Gasteiger partial charge < -0.3 is 5.32 Å². The average Bonchev–Trinajstić information content (AvgIpc) is 2.72. The molecule has 5 nitrogen and oxygen atoms in total. The molecule has 3 rings (SSSR count). The van der Waals surface area contributed by atoms with Crippen LogP contribution in [0.4, 0.5) is 4.39 Å². The van der Waals surface area contributed by atoms with Gasteiger partial charge in [-0.2, -0.15) is 0 Å². The molecule has 3 aromatic rings. The minimum absolute atomic E-state index is 0.243. The van der Waals surface area contributed by atoms with Crippen LogP contribution < -0.4 is 10.8 Å². The van der Waals surface area contributed by atoms with Crippen LogP contribution in [0.25, 0.3) is 11.1 Å². The van der Waals surface area contributed by atoms with E-state index in [0.29, 0.717) is 16.7 Å². The van der Waals surface area contributed by atoms with E-state index >= 15 is 0 Å². The lowest BCUT2D eigenvalue weighted by molar-refractivity contribution is 0.0706. The smallest absolute Gasteiger partial charge is 0.274 e. The summed E-state index contributed by atoms with van der Waals surface area (Å²) in [6.45, 7) is 0.243. The van der Waals surface area contributed by atoms with Crippen LogP contribution in [0.15, 0.2) is 72.8 Å². The Bertz CT molecular complexity index is 954. The third-order valence-electron chi connectivity index (χ3n) is 4.07. The molecule has 0 saturated heterocycles. The van der Waals surface area contributed by atoms with Crippen LogP contribution in [0.5, 0.6) is 0 Å². The maximum Gasteiger partial charge on any atom is 0.274 e. The highest BCUT2D eigenvalue weighted by Gasteiger charge is 2.08. The molecule has 0 aliphatic rings. The third-order valence-corrected chi connectivity index (χ3v) is 4.07. The van der Waals surface area contributed by atoms with Gasteiger partial charge in [-0.15, -0.1) is 0 Å². The summed E-state index contributed by atoms with van der Waals surface area (Å²) in [4.78, 5) is 23.6. The highest BCUT2D eigenvalue weighted by molar-refractivity contribution is 5.95. The van der Waals surface area contributed by atoms with Crippen LogP contribution in [0.2, 0.25) is 0 Å². The van der Waals surface area contributed by atoms with E-state index in [0.717, 1.165) is 11.1 Å². The molecule has 0 atom stereocenters. The fraction of sp³-hybridized carbons (Fsp3) is 0.0476. The molecule has 27 heavy (non-hydrogen) atoms. The van der Waals surface area contributed by atoms with Crippen LogP contribution in [-0.4, -0.2) is 17.0 Å². The lowest BCUT2D eigenvalue weighted by atomic mass is 10.0. The summed E-state index contributed by atoms with van der Waals surface area (Å²) < 4.78 is 13.2. The summed E-state index contributed by atoms with van der Waals surface area (Å²) in [7, 11) is 0. The first kappa shape index (κ1) is 18.3. The maximum atomic E-state index is 13.2. The third kappa shape index (κ3) is 4.56. The van der Waals surface area contributed by atoms with Gasteiger partial charge in [0.05, 0.1) is 0 Å². The Kier molecular flexibility index (Phi) is 5.58. The van der Waals surface area contributed by atoms with Crippen molar-refractivity contribution in [3.8, 4) is 11.1 Å². The monoisotopic (exact) mass is 364 g/mol. The number of hydrogen-bond acceptors (Lipinski definition) is 3. The Morgan fingerprint density at radius 3 is 1.89 bits per heavy atom. The van der Waals surface area contributed by atoms with Gasteiger partial charge in [-0.1, -0.05) is 36.4 Å². The average molecular weight is 364 g/mol. The van der Waals surface area contributed by atoms with Crippen molar-refractivity contribution in [3.05, 3.63) is 95.3 Å². The van der Waals surface area contributed by atoms with Crippen LogP contribution in [0.1, 0.15) is 26.3 Å². The number of hydrogen-bond donors (Lipinski definition) is 3. The number of rotatable bonds is 5. The van der Waals surface area contributed by atoms with E-state index in [-0.39, 0.29) is 18.3 Å². The van der Waals surface area contributed by atoms with Gasteiger partial charge in [0, 0.05) is 17.7 Å². The second-order valence-electron chi connectivity index (χ2n) is 5.91. The van der Waals surface area contributed by atoms with Gasteiger partial charge in [0.25, 0.3) is 11.8 Å². The molecule has 0 heterocycles. The highest BCUT2D eigenvalue weighted by atomic mass is 19.1. The first-order valence-corrected chi connectivity index (χ1v) is 8.24. The fourth-order valence-electron chi connectivity index (χ4n) is 2.62. The molecule has 0 aromatic heterocycles. The summed E-state index contributed by atoms with van der Waals surface area (Å²) in [5.41, 5.74) is 4.86. The topological polar surface area (TPSA) is 78.4 Å². The molecule has 2 amide bonds. The van der Waals surface area contributed by atoms with Crippen LogP contribution in [0.3, 0.4) is 0 Å². The summed E-state index contributed by atoms with van der Waals surface area (Å²) in [6, 6.07) is 19.8. The Labute approximate surface area is 155 Å². The van der Waals surface area contributed by atoms with Crippen molar-refractivity contribution in [2.45, 2.75) is 6.54 Å². The lowest BCUT2D eigenvalue weighted by Gasteiger charge is -2.07. The van der Waals surface area contributed by atoms with Crippen molar-refractivity contribution < 1.29 is 19.2 Å². The Hall–Kier alpha value is -3.51. The van der Waals surface area contributed by atoms with Gasteiger partial charge in [0.2, 0.25) is 0 Å². The summed E-state index contributed by atoms with van der Waals surface area (Å²) in [5, 5.41) is 11.4. The van der Waals surface area contributed by atoms with Crippen molar-refractivity contribution in [1.29, 1.82) is 0 Å². The number of carbonyl (C=O) groups is 2. The number of nitrogens with one attached hydrogen (secondary N) is 2. The SMILES string of the molecule is O=C(NO)c1ccc(-c2ccc(C(=O)NCc3cccc(F)c3)cc2)cc1. The normalized spacial score (nSPS) is 10.3. The molecule has 136 valence electrons. The van der Waals surface area contributed by atoms with Gasteiger partial charge in [0.15, 0.2) is 0 Å². The number of amides is 2. The molecular formula is C21H17FN2O3. The molecule has 3 N–H and O–H groups in total. The Morgan fingerprint density at radius 1 is 0.815 bits per heavy atom. The number of halogens is 1. The fourth-order valence-corrected chi connectivity index (χ4v) is 2.62. The van der Waals surface area contributed by atoms with Crippen molar-refractivity contribution in [1.82, 2.24) is 10.8 Å². The molecule has 0 spiro atoms. The van der Waals surface area contributed by atoms with E-state index in [4.69, 9.17) is 5.21 Å². The number of hydroxylamine groups is 1. The van der Waals surface area contributed by atoms with E-state index in [1.165, 1.54) is 12.1 Å². The van der Waals surface area contributed by atoms with Gasteiger partial charge in [-0.3, -0.25) is 14.8 Å². The highest BCUT2D eigenvalue weighted by Crippen LogP contribution is 2.20. The van der Waals surface area contributed by atoms with Gasteiger partial charge in [-0.05, 0) is 53.1 Å². The molecule has 0 unspecified atom stereocenters. The lowest BCUT2D eigenvalue weighted by Crippen LogP contribution is -2.22. The standard InChI is InChI=1S/C21H17FN2O3/c22-19-3-1-2-14(12-19)13-23-20(25)17-8-4-15(5-9-17)16-6-10-18(11-7-16)21(26)24-27/h1-12,27H,13H2,(H,23,25)(H,24,26). The van der Waals surface area contributed by atoms with Crippen LogP contribution >= 0.6 is 0 Å². The molecule has 0 aliphatic carbocycles. The molecule has 3 aromatic carbocycles. The molecule has 0 saturated carbocycles. The molecule has 0 fully saturated rings. The first-order valence-electron chi connectivity index (χ1n) is 8.24. The Balaban J connectivity index is 1.65. The predicted molar refractivity (Wildman–Crippen MR) is 98.7 cm³/mol. The maximum absolute atomic E-state index is 13.2. The van der Waals surface area contributed by atoms with E-state index in [1.54, 1.807) is 66.1 Å². The van der Waals surface area contributed by atoms with Crippen molar-refractivity contribution in [3.63, 3.8) is 0 Å². The second kappa shape index (κ2) is 8.25. The predicted octanol–water partition coefficient (Wildman–Crippen LogP) is 3.54. The van der Waals surface area contributed by atoms with Crippen LogP contribution in [0, 0.1) is 5.82 Å². The van der Waals surface area contributed by atoms with E-state index in [2.05, 4.69) is 5.32 Å². The molecule has 0 aliphatic heterocycles. The van der Waals surface area contributed by atoms with Crippen molar-refractivity contribution in [2.75, 3.05) is 0 Å². The number of carbonyl (C=O) groups excluding carboxylic acids is 2. The summed E-state index contributed by atoms with van der Waals surface area (Å²) >= 11 is 0. The number of benzene rings is 3. The quantitative estimate of drug-likeness (QED) is 0.479. The Morgan fingerprint density at radius 2 is 1.37 bits per heavy atom. The van der Waals surface area contributed by atoms with E-state index < -0.39 is 5.91 Å². The van der Waals surface area contributed by atoms with Crippen molar-refractivity contribution in [2.24, 2.45) is 0 Å². The molecule has 0 radical (unpaired) electrons.